The van der Waals surface area contributed by atoms with Crippen LogP contribution in [0.25, 0.3) is 17.0 Å². The van der Waals surface area contributed by atoms with Crippen LogP contribution in [0.3, 0.4) is 0 Å². The Labute approximate surface area is 173 Å². The van der Waals surface area contributed by atoms with Crippen molar-refractivity contribution in [3.63, 3.8) is 0 Å². The van der Waals surface area contributed by atoms with Gasteiger partial charge < -0.3 is 4.90 Å². The van der Waals surface area contributed by atoms with Crippen LogP contribution in [0.1, 0.15) is 43.7 Å². The first-order chi connectivity index (χ1) is 13.9. The maximum atomic E-state index is 14.7. The lowest BCUT2D eigenvalue weighted by Gasteiger charge is -2.32. The van der Waals surface area contributed by atoms with Crippen LogP contribution in [0.5, 0.6) is 0 Å². The van der Waals surface area contributed by atoms with Crippen molar-refractivity contribution >= 4 is 23.1 Å². The molecule has 0 radical (unpaired) electrons. The molecule has 29 heavy (non-hydrogen) atoms. The first-order valence-corrected chi connectivity index (χ1v) is 10.0. The third-order valence-electron chi connectivity index (χ3n) is 5.56. The number of nitrogens with one attached hydrogen (secondary N) is 1. The fourth-order valence-electron chi connectivity index (χ4n) is 3.78. The number of rotatable bonds is 5. The highest BCUT2D eigenvalue weighted by molar-refractivity contribution is 6.31. The van der Waals surface area contributed by atoms with Crippen molar-refractivity contribution < 1.29 is 8.78 Å². The number of nitrogens with zero attached hydrogens (tertiary/aromatic N) is 4. The molecule has 1 N–H and O–H groups in total. The molecule has 0 saturated carbocycles. The Balaban J connectivity index is 1.83. The van der Waals surface area contributed by atoms with E-state index in [-0.39, 0.29) is 16.3 Å². The lowest BCUT2D eigenvalue weighted by molar-refractivity contribution is 0.539. The van der Waals surface area contributed by atoms with E-state index in [0.717, 1.165) is 41.5 Å². The SMILES string of the molecule is C=C(c1c(F)ccc(Cl)c1F)N1CCCn2ncc(-c3[nH]ncc3C(C)CC)c21. The van der Waals surface area contributed by atoms with Crippen LogP contribution in [0.4, 0.5) is 14.6 Å². The maximum Gasteiger partial charge on any atom is 0.154 e. The number of benzene rings is 1. The first-order valence-electron chi connectivity index (χ1n) is 9.63. The molecule has 1 aliphatic heterocycles. The van der Waals surface area contributed by atoms with Gasteiger partial charge in [-0.25, -0.2) is 13.5 Å². The standard InChI is InChI=1S/C21H22ClF2N5/c1-4-12(2)14-10-25-27-20(14)15-11-26-29-9-5-8-28(21(15)29)13(3)18-17(23)7-6-16(22)19(18)24/h6-7,10-12H,3-5,8-9H2,1-2H3,(H,25,27). The summed E-state index contributed by atoms with van der Waals surface area (Å²) in [4.78, 5) is 1.81. The molecule has 0 saturated heterocycles. The normalized spacial score (nSPS) is 14.7. The molecule has 2 aromatic heterocycles. The highest BCUT2D eigenvalue weighted by Crippen LogP contribution is 2.40. The summed E-state index contributed by atoms with van der Waals surface area (Å²) in [5.74, 6) is -0.454. The summed E-state index contributed by atoms with van der Waals surface area (Å²) < 4.78 is 31.0. The minimum absolute atomic E-state index is 0.138. The van der Waals surface area contributed by atoms with Gasteiger partial charge in [0.05, 0.1) is 34.2 Å². The van der Waals surface area contributed by atoms with E-state index in [4.69, 9.17) is 11.6 Å². The number of hydrogen-bond donors (Lipinski definition) is 1. The second-order valence-electron chi connectivity index (χ2n) is 7.28. The van der Waals surface area contributed by atoms with Gasteiger partial charge in [-0.2, -0.15) is 10.2 Å². The fraction of sp³-hybridized carbons (Fsp3) is 0.333. The smallest absolute Gasteiger partial charge is 0.154 e. The summed E-state index contributed by atoms with van der Waals surface area (Å²) in [5, 5.41) is 11.7. The van der Waals surface area contributed by atoms with Crippen LogP contribution >= 0.6 is 11.6 Å². The molecule has 152 valence electrons. The van der Waals surface area contributed by atoms with Crippen molar-refractivity contribution in [2.45, 2.75) is 39.2 Å². The minimum Gasteiger partial charge on any atom is -0.326 e. The number of aryl methyl sites for hydroxylation is 1. The zero-order valence-electron chi connectivity index (χ0n) is 16.3. The molecule has 0 bridgehead atoms. The molecule has 8 heteroatoms. The Bertz CT molecular complexity index is 1070. The van der Waals surface area contributed by atoms with E-state index >= 15 is 0 Å². The largest absolute Gasteiger partial charge is 0.326 e. The Hall–Kier alpha value is -2.67. The molecule has 3 aromatic rings. The van der Waals surface area contributed by atoms with Crippen molar-refractivity contribution in [3.8, 4) is 11.3 Å². The van der Waals surface area contributed by atoms with Crippen molar-refractivity contribution in [2.75, 3.05) is 11.4 Å². The molecular weight excluding hydrogens is 396 g/mol. The summed E-state index contributed by atoms with van der Waals surface area (Å²) in [6, 6.07) is 2.36. The number of aromatic amines is 1. The van der Waals surface area contributed by atoms with E-state index in [9.17, 15) is 8.78 Å². The van der Waals surface area contributed by atoms with Gasteiger partial charge in [0.15, 0.2) is 5.82 Å². The van der Waals surface area contributed by atoms with E-state index in [2.05, 4.69) is 35.7 Å². The zero-order chi connectivity index (χ0) is 20.7. The molecule has 0 fully saturated rings. The van der Waals surface area contributed by atoms with Gasteiger partial charge in [-0.15, -0.1) is 0 Å². The second kappa shape index (κ2) is 7.63. The van der Waals surface area contributed by atoms with Gasteiger partial charge >= 0.3 is 0 Å². The summed E-state index contributed by atoms with van der Waals surface area (Å²) in [7, 11) is 0. The van der Waals surface area contributed by atoms with E-state index in [0.29, 0.717) is 19.0 Å². The molecule has 3 heterocycles. The zero-order valence-corrected chi connectivity index (χ0v) is 17.1. The van der Waals surface area contributed by atoms with E-state index < -0.39 is 11.6 Å². The summed E-state index contributed by atoms with van der Waals surface area (Å²) in [5.41, 5.74) is 2.79. The molecule has 1 aromatic carbocycles. The molecule has 0 spiro atoms. The highest BCUT2D eigenvalue weighted by Gasteiger charge is 2.30. The van der Waals surface area contributed by atoms with Crippen molar-refractivity contribution in [3.05, 3.63) is 58.9 Å². The van der Waals surface area contributed by atoms with Crippen LogP contribution in [-0.2, 0) is 6.54 Å². The van der Waals surface area contributed by atoms with Crippen LogP contribution in [0.15, 0.2) is 31.1 Å². The molecule has 4 rings (SSSR count). The third kappa shape index (κ3) is 3.23. The number of fused-ring (bicyclic) bond motifs is 1. The quantitative estimate of drug-likeness (QED) is 0.550. The fourth-order valence-corrected chi connectivity index (χ4v) is 3.94. The Morgan fingerprint density at radius 3 is 2.86 bits per heavy atom. The summed E-state index contributed by atoms with van der Waals surface area (Å²) >= 11 is 5.90. The number of hydrogen-bond acceptors (Lipinski definition) is 3. The Kier molecular flexibility index (Phi) is 5.17. The number of aromatic nitrogens is 4. The van der Waals surface area contributed by atoms with Gasteiger partial charge in [-0.3, -0.25) is 5.10 Å². The molecule has 0 amide bonds. The molecule has 1 unspecified atom stereocenters. The average Bonchev–Trinajstić information content (AvgIpc) is 3.36. The third-order valence-corrected chi connectivity index (χ3v) is 5.85. The Morgan fingerprint density at radius 1 is 1.31 bits per heavy atom. The van der Waals surface area contributed by atoms with Gasteiger partial charge in [-0.05, 0) is 30.9 Å². The minimum atomic E-state index is -0.809. The van der Waals surface area contributed by atoms with Gasteiger partial charge in [0.25, 0.3) is 0 Å². The van der Waals surface area contributed by atoms with E-state index in [1.165, 1.54) is 6.07 Å². The van der Waals surface area contributed by atoms with Crippen LogP contribution in [-0.4, -0.2) is 26.5 Å². The van der Waals surface area contributed by atoms with Crippen LogP contribution < -0.4 is 4.90 Å². The lowest BCUT2D eigenvalue weighted by atomic mass is 9.96. The highest BCUT2D eigenvalue weighted by atomic mass is 35.5. The van der Waals surface area contributed by atoms with Gasteiger partial charge in [0, 0.05) is 24.4 Å². The molecule has 0 aliphatic carbocycles. The van der Waals surface area contributed by atoms with Crippen molar-refractivity contribution in [2.24, 2.45) is 0 Å². The first kappa shape index (κ1) is 19.6. The van der Waals surface area contributed by atoms with E-state index in [1.54, 1.807) is 6.20 Å². The molecule has 1 atom stereocenters. The van der Waals surface area contributed by atoms with E-state index in [1.807, 2.05) is 15.8 Å². The van der Waals surface area contributed by atoms with Crippen molar-refractivity contribution in [1.82, 2.24) is 20.0 Å². The predicted octanol–water partition coefficient (Wildman–Crippen LogP) is 5.60. The van der Waals surface area contributed by atoms with Gasteiger partial charge in [0.1, 0.15) is 11.6 Å². The lowest BCUT2D eigenvalue weighted by Crippen LogP contribution is -2.31. The molecule has 1 aliphatic rings. The van der Waals surface area contributed by atoms with Crippen molar-refractivity contribution in [1.29, 1.82) is 0 Å². The number of halogens is 3. The van der Waals surface area contributed by atoms with Crippen LogP contribution in [0.2, 0.25) is 5.02 Å². The Morgan fingerprint density at radius 2 is 2.10 bits per heavy atom. The topological polar surface area (TPSA) is 49.7 Å². The monoisotopic (exact) mass is 417 g/mol. The molecule has 5 nitrogen and oxygen atoms in total. The average molecular weight is 418 g/mol. The predicted molar refractivity (Wildman–Crippen MR) is 111 cm³/mol. The van der Waals surface area contributed by atoms with Gasteiger partial charge in [-0.1, -0.05) is 32.0 Å². The summed E-state index contributed by atoms with van der Waals surface area (Å²) in [6.45, 7) is 9.54. The number of anilines is 1. The van der Waals surface area contributed by atoms with Gasteiger partial charge in [0.2, 0.25) is 0 Å². The molecular formula is C21H22ClF2N5. The number of H-pyrrole nitrogens is 1. The maximum absolute atomic E-state index is 14.7. The summed E-state index contributed by atoms with van der Waals surface area (Å²) in [6.07, 6.45) is 5.33. The van der Waals surface area contributed by atoms with Crippen LogP contribution in [0, 0.1) is 11.6 Å². The second-order valence-corrected chi connectivity index (χ2v) is 7.69.